The predicted octanol–water partition coefficient (Wildman–Crippen LogP) is 3.67. The minimum atomic E-state index is 0.877. The number of pyridine rings is 1. The van der Waals surface area contributed by atoms with E-state index < -0.39 is 0 Å². The number of nitrogens with zero attached hydrogens (tertiary/aromatic N) is 1. The lowest BCUT2D eigenvalue weighted by molar-refractivity contribution is 0.414. The fourth-order valence-electron chi connectivity index (χ4n) is 1.53. The highest BCUT2D eigenvalue weighted by Gasteiger charge is 2.00. The number of methoxy groups -OCH3 is 1. The van der Waals surface area contributed by atoms with Crippen molar-refractivity contribution in [3.05, 3.63) is 42.6 Å². The minimum absolute atomic E-state index is 0.877. The molecule has 1 aromatic carbocycles. The van der Waals surface area contributed by atoms with Gasteiger partial charge in [-0.25, -0.2) is 4.98 Å². The third-order valence-electron chi connectivity index (χ3n) is 2.38. The van der Waals surface area contributed by atoms with Crippen LogP contribution in [0.15, 0.2) is 52.4 Å². The Labute approximate surface area is 112 Å². The molecule has 0 radical (unpaired) electrons. The van der Waals surface area contributed by atoms with E-state index in [9.17, 15) is 0 Å². The molecule has 0 amide bonds. The lowest BCUT2D eigenvalue weighted by Crippen LogP contribution is -1.98. The summed E-state index contributed by atoms with van der Waals surface area (Å²) in [6.07, 6.45) is 1.82. The Hall–Kier alpha value is -1.68. The molecule has 0 unspecified atom stereocenters. The number of ether oxygens (including phenoxy) is 1. The largest absolute Gasteiger partial charge is 0.497 e. The molecule has 0 spiro atoms. The van der Waals surface area contributed by atoms with E-state index in [0.29, 0.717) is 0 Å². The Morgan fingerprint density at radius 3 is 2.61 bits per heavy atom. The van der Waals surface area contributed by atoms with Crippen LogP contribution in [-0.2, 0) is 0 Å². The third-order valence-corrected chi connectivity index (χ3v) is 3.38. The maximum Gasteiger partial charge on any atom is 0.126 e. The lowest BCUT2D eigenvalue weighted by atomic mass is 10.3. The first-order valence-corrected chi connectivity index (χ1v) is 6.65. The van der Waals surface area contributed by atoms with E-state index in [1.54, 1.807) is 18.9 Å². The molecular weight excluding hydrogens is 244 g/mol. The van der Waals surface area contributed by atoms with Crippen molar-refractivity contribution in [2.75, 3.05) is 19.0 Å². The van der Waals surface area contributed by atoms with E-state index in [-0.39, 0.29) is 0 Å². The van der Waals surface area contributed by atoms with E-state index >= 15 is 0 Å². The van der Waals surface area contributed by atoms with Crippen LogP contribution in [0.2, 0.25) is 0 Å². The molecular formula is C14H16N2OS. The Kier molecular flexibility index (Phi) is 4.47. The van der Waals surface area contributed by atoms with Gasteiger partial charge >= 0.3 is 0 Å². The summed E-state index contributed by atoms with van der Waals surface area (Å²) >= 11 is 1.71. The lowest BCUT2D eigenvalue weighted by Gasteiger charge is -2.06. The van der Waals surface area contributed by atoms with Gasteiger partial charge in [-0.3, -0.25) is 0 Å². The number of nitrogens with one attached hydrogen (secondary N) is 1. The number of rotatable bonds is 5. The zero-order valence-electron chi connectivity index (χ0n) is 10.5. The van der Waals surface area contributed by atoms with Gasteiger partial charge in [-0.2, -0.15) is 0 Å². The SMILES string of the molecule is CCNc1cc(Sc2ccc(OC)cc2)ccn1. The average molecular weight is 260 g/mol. The molecule has 0 atom stereocenters. The molecule has 0 saturated heterocycles. The first-order valence-electron chi connectivity index (χ1n) is 5.83. The fraction of sp³-hybridized carbons (Fsp3) is 0.214. The highest BCUT2D eigenvalue weighted by molar-refractivity contribution is 7.99. The summed E-state index contributed by atoms with van der Waals surface area (Å²) in [6, 6.07) is 12.1. The topological polar surface area (TPSA) is 34.1 Å². The normalized spacial score (nSPS) is 10.1. The number of hydrogen-bond donors (Lipinski definition) is 1. The van der Waals surface area contributed by atoms with E-state index in [2.05, 4.69) is 35.4 Å². The standard InChI is InChI=1S/C14H16N2OS/c1-3-15-14-10-13(8-9-16-14)18-12-6-4-11(17-2)5-7-12/h4-10H,3H2,1-2H3,(H,15,16). The predicted molar refractivity (Wildman–Crippen MR) is 75.5 cm³/mol. The Morgan fingerprint density at radius 1 is 1.17 bits per heavy atom. The molecule has 2 aromatic rings. The van der Waals surface area contributed by atoms with Crippen molar-refractivity contribution in [2.24, 2.45) is 0 Å². The summed E-state index contributed by atoms with van der Waals surface area (Å²) in [5, 5.41) is 3.21. The molecule has 0 aliphatic carbocycles. The van der Waals surface area contributed by atoms with Crippen LogP contribution in [-0.4, -0.2) is 18.6 Å². The van der Waals surface area contributed by atoms with Gasteiger partial charge in [0.15, 0.2) is 0 Å². The van der Waals surface area contributed by atoms with Crippen LogP contribution in [0.1, 0.15) is 6.92 Å². The summed E-state index contributed by atoms with van der Waals surface area (Å²) in [5.41, 5.74) is 0. The molecule has 1 heterocycles. The van der Waals surface area contributed by atoms with Gasteiger partial charge in [-0.05, 0) is 43.3 Å². The summed E-state index contributed by atoms with van der Waals surface area (Å²) in [6.45, 7) is 2.94. The zero-order valence-corrected chi connectivity index (χ0v) is 11.3. The second kappa shape index (κ2) is 6.31. The van der Waals surface area contributed by atoms with Crippen molar-refractivity contribution in [2.45, 2.75) is 16.7 Å². The van der Waals surface area contributed by atoms with E-state index in [4.69, 9.17) is 4.74 Å². The highest BCUT2D eigenvalue weighted by atomic mass is 32.2. The Morgan fingerprint density at radius 2 is 1.94 bits per heavy atom. The molecule has 4 heteroatoms. The van der Waals surface area contributed by atoms with Gasteiger partial charge in [0.25, 0.3) is 0 Å². The molecule has 1 N–H and O–H groups in total. The van der Waals surface area contributed by atoms with Gasteiger partial charge in [0, 0.05) is 22.5 Å². The molecule has 3 nitrogen and oxygen atoms in total. The molecule has 0 fully saturated rings. The van der Waals surface area contributed by atoms with Gasteiger partial charge in [-0.1, -0.05) is 11.8 Å². The highest BCUT2D eigenvalue weighted by Crippen LogP contribution is 2.29. The molecule has 0 aliphatic rings. The van der Waals surface area contributed by atoms with Gasteiger partial charge in [0.05, 0.1) is 7.11 Å². The number of hydrogen-bond acceptors (Lipinski definition) is 4. The van der Waals surface area contributed by atoms with Crippen LogP contribution in [0.3, 0.4) is 0 Å². The second-order valence-electron chi connectivity index (χ2n) is 3.68. The molecule has 0 bridgehead atoms. The van der Waals surface area contributed by atoms with Crippen molar-refractivity contribution < 1.29 is 4.74 Å². The molecule has 18 heavy (non-hydrogen) atoms. The summed E-state index contributed by atoms with van der Waals surface area (Å²) in [7, 11) is 1.67. The van der Waals surface area contributed by atoms with Gasteiger partial charge in [0.2, 0.25) is 0 Å². The Balaban J connectivity index is 2.09. The maximum atomic E-state index is 5.14. The molecule has 0 saturated carbocycles. The van der Waals surface area contributed by atoms with Crippen LogP contribution in [0, 0.1) is 0 Å². The Bertz CT molecular complexity index is 499. The molecule has 2 rings (SSSR count). The van der Waals surface area contributed by atoms with E-state index in [0.717, 1.165) is 18.1 Å². The number of aromatic nitrogens is 1. The average Bonchev–Trinajstić information content (AvgIpc) is 2.40. The molecule has 0 aliphatic heterocycles. The zero-order chi connectivity index (χ0) is 12.8. The fourth-order valence-corrected chi connectivity index (χ4v) is 2.38. The van der Waals surface area contributed by atoms with Gasteiger partial charge in [0.1, 0.15) is 11.6 Å². The first kappa shape index (κ1) is 12.8. The van der Waals surface area contributed by atoms with Crippen molar-refractivity contribution in [1.82, 2.24) is 4.98 Å². The van der Waals surface area contributed by atoms with E-state index in [1.165, 1.54) is 9.79 Å². The number of benzene rings is 1. The van der Waals surface area contributed by atoms with E-state index in [1.807, 2.05) is 24.4 Å². The smallest absolute Gasteiger partial charge is 0.126 e. The second-order valence-corrected chi connectivity index (χ2v) is 4.83. The van der Waals surface area contributed by atoms with Gasteiger partial charge < -0.3 is 10.1 Å². The third kappa shape index (κ3) is 3.40. The first-order chi connectivity index (χ1) is 8.81. The van der Waals surface area contributed by atoms with Crippen LogP contribution in [0.4, 0.5) is 5.82 Å². The molecule has 1 aromatic heterocycles. The van der Waals surface area contributed by atoms with Crippen LogP contribution < -0.4 is 10.1 Å². The number of anilines is 1. The van der Waals surface area contributed by atoms with Gasteiger partial charge in [-0.15, -0.1) is 0 Å². The summed E-state index contributed by atoms with van der Waals surface area (Å²) in [4.78, 5) is 6.61. The minimum Gasteiger partial charge on any atom is -0.497 e. The van der Waals surface area contributed by atoms with Crippen LogP contribution in [0.25, 0.3) is 0 Å². The van der Waals surface area contributed by atoms with Crippen molar-refractivity contribution in [3.63, 3.8) is 0 Å². The summed E-state index contributed by atoms with van der Waals surface area (Å²) in [5.74, 6) is 1.79. The quantitative estimate of drug-likeness (QED) is 0.889. The monoisotopic (exact) mass is 260 g/mol. The summed E-state index contributed by atoms with van der Waals surface area (Å²) < 4.78 is 5.14. The van der Waals surface area contributed by atoms with Crippen molar-refractivity contribution in [1.29, 1.82) is 0 Å². The van der Waals surface area contributed by atoms with Crippen molar-refractivity contribution in [3.8, 4) is 5.75 Å². The maximum absolute atomic E-state index is 5.14. The van der Waals surface area contributed by atoms with Crippen LogP contribution >= 0.6 is 11.8 Å². The molecule has 94 valence electrons. The van der Waals surface area contributed by atoms with Crippen molar-refractivity contribution >= 4 is 17.6 Å². The van der Waals surface area contributed by atoms with Crippen LogP contribution in [0.5, 0.6) is 5.75 Å².